The van der Waals surface area contributed by atoms with Gasteiger partial charge in [0.15, 0.2) is 5.65 Å². The molecule has 2 aromatic heterocycles. The summed E-state index contributed by atoms with van der Waals surface area (Å²) in [7, 11) is 3.96. The maximum Gasteiger partial charge on any atom is 0.255 e. The summed E-state index contributed by atoms with van der Waals surface area (Å²) in [5, 5.41) is 13.9. The summed E-state index contributed by atoms with van der Waals surface area (Å²) < 4.78 is 1.76. The van der Waals surface area contributed by atoms with E-state index in [2.05, 4.69) is 39.8 Å². The van der Waals surface area contributed by atoms with Gasteiger partial charge in [0.05, 0.1) is 6.20 Å². The molecule has 45 heavy (non-hydrogen) atoms. The first-order chi connectivity index (χ1) is 21.7. The molecule has 1 saturated heterocycles. The molecular formula is C33H44N10O2. The lowest BCUT2D eigenvalue weighted by Gasteiger charge is -2.30. The first-order valence-electron chi connectivity index (χ1n) is 15.6. The minimum Gasteiger partial charge on any atom is -0.350 e. The fourth-order valence-electron chi connectivity index (χ4n) is 5.31. The highest BCUT2D eigenvalue weighted by atomic mass is 16.2. The number of carbonyl (C=O) groups is 2. The number of benzene rings is 2. The minimum absolute atomic E-state index is 0.0710. The summed E-state index contributed by atoms with van der Waals surface area (Å²) in [5.41, 5.74) is 10.7. The fraction of sp³-hybridized carbons (Fsp3) is 0.424. The highest BCUT2D eigenvalue weighted by Gasteiger charge is 2.22. The molecule has 4 aromatic rings. The van der Waals surface area contributed by atoms with E-state index in [1.54, 1.807) is 28.8 Å². The summed E-state index contributed by atoms with van der Waals surface area (Å²) in [5.74, 6) is 1.21. The lowest BCUT2D eigenvalue weighted by molar-refractivity contribution is -0.116. The van der Waals surface area contributed by atoms with Gasteiger partial charge in [-0.1, -0.05) is 32.0 Å². The van der Waals surface area contributed by atoms with E-state index < -0.39 is 0 Å². The zero-order valence-electron chi connectivity index (χ0n) is 26.6. The zero-order chi connectivity index (χ0) is 31.9. The van der Waals surface area contributed by atoms with Crippen molar-refractivity contribution in [2.24, 2.45) is 5.73 Å². The van der Waals surface area contributed by atoms with E-state index in [4.69, 9.17) is 15.7 Å². The molecular weight excluding hydrogens is 568 g/mol. The Morgan fingerprint density at radius 1 is 1.02 bits per heavy atom. The van der Waals surface area contributed by atoms with Gasteiger partial charge in [0.25, 0.3) is 5.91 Å². The average Bonchev–Trinajstić information content (AvgIpc) is 3.45. The van der Waals surface area contributed by atoms with Crippen molar-refractivity contribution >= 4 is 40.7 Å². The van der Waals surface area contributed by atoms with Crippen molar-refractivity contribution in [3.05, 3.63) is 71.4 Å². The maximum absolute atomic E-state index is 13.1. The number of nitrogens with one attached hydrogen (secondary N) is 3. The van der Waals surface area contributed by atoms with Crippen LogP contribution >= 0.6 is 0 Å². The van der Waals surface area contributed by atoms with Gasteiger partial charge in [-0.05, 0) is 81.7 Å². The Morgan fingerprint density at radius 3 is 2.49 bits per heavy atom. The molecule has 3 heterocycles. The number of nitrogens with two attached hydrogens (primary N) is 1. The normalized spacial score (nSPS) is 13.9. The molecule has 1 fully saturated rings. The second-order valence-corrected chi connectivity index (χ2v) is 12.2. The van der Waals surface area contributed by atoms with Crippen LogP contribution in [0.2, 0.25) is 0 Å². The Morgan fingerprint density at radius 2 is 1.76 bits per heavy atom. The van der Waals surface area contributed by atoms with Crippen LogP contribution in [0.15, 0.2) is 54.7 Å². The van der Waals surface area contributed by atoms with Crippen LogP contribution < -0.4 is 26.6 Å². The van der Waals surface area contributed by atoms with Crippen LogP contribution in [-0.2, 0) is 11.3 Å². The molecule has 2 amide bonds. The Bertz CT molecular complexity index is 1630. The van der Waals surface area contributed by atoms with Crippen LogP contribution in [0.3, 0.4) is 0 Å². The molecule has 12 nitrogen and oxygen atoms in total. The van der Waals surface area contributed by atoms with E-state index in [0.717, 1.165) is 55.7 Å². The first-order valence-corrected chi connectivity index (χ1v) is 15.6. The van der Waals surface area contributed by atoms with Crippen LogP contribution in [0.4, 0.5) is 23.3 Å². The van der Waals surface area contributed by atoms with Crippen LogP contribution in [0.5, 0.6) is 0 Å². The topological polar surface area (TPSA) is 146 Å². The van der Waals surface area contributed by atoms with Crippen molar-refractivity contribution in [1.29, 1.82) is 0 Å². The Balaban J connectivity index is 1.26. The van der Waals surface area contributed by atoms with Crippen molar-refractivity contribution in [3.63, 3.8) is 0 Å². The second-order valence-electron chi connectivity index (χ2n) is 12.2. The van der Waals surface area contributed by atoms with Crippen LogP contribution in [-0.4, -0.2) is 76.1 Å². The molecule has 12 heteroatoms. The van der Waals surface area contributed by atoms with Crippen molar-refractivity contribution < 1.29 is 9.59 Å². The van der Waals surface area contributed by atoms with E-state index in [9.17, 15) is 9.59 Å². The monoisotopic (exact) mass is 612 g/mol. The van der Waals surface area contributed by atoms with Gasteiger partial charge in [-0.25, -0.2) is 0 Å². The van der Waals surface area contributed by atoms with Crippen LogP contribution in [0.1, 0.15) is 66.9 Å². The third-order valence-electron chi connectivity index (χ3n) is 7.88. The molecule has 1 aliphatic rings. The molecule has 1 aliphatic heterocycles. The predicted octanol–water partition coefficient (Wildman–Crippen LogP) is 4.32. The van der Waals surface area contributed by atoms with Crippen LogP contribution in [0.25, 0.3) is 5.65 Å². The Hall–Kier alpha value is -4.55. The molecule has 0 spiro atoms. The van der Waals surface area contributed by atoms with Crippen molar-refractivity contribution in [1.82, 2.24) is 24.5 Å². The highest BCUT2D eigenvalue weighted by molar-refractivity contribution is 6.05. The lowest BCUT2D eigenvalue weighted by atomic mass is 10.1. The van der Waals surface area contributed by atoms with Crippen LogP contribution in [0, 0.1) is 0 Å². The van der Waals surface area contributed by atoms with Gasteiger partial charge in [-0.3, -0.25) is 9.59 Å². The van der Waals surface area contributed by atoms with Crippen molar-refractivity contribution in [3.8, 4) is 0 Å². The van der Waals surface area contributed by atoms with Crippen molar-refractivity contribution in [2.75, 3.05) is 54.6 Å². The largest absolute Gasteiger partial charge is 0.350 e. The second kappa shape index (κ2) is 14.5. The SMILES string of the molecule is CC(C)c1cnn2c(NCc3cccc(NC(=O)c4cccc(NC(=O)CCCN(C)C)c4)c3)nc(N3CCC(N)CC3)nc12. The number of hydrogen-bond acceptors (Lipinski definition) is 9. The van der Waals surface area contributed by atoms with Gasteiger partial charge in [0.2, 0.25) is 17.8 Å². The van der Waals surface area contributed by atoms with Gasteiger partial charge in [0, 0.05) is 54.6 Å². The third-order valence-corrected chi connectivity index (χ3v) is 7.88. The average molecular weight is 613 g/mol. The lowest BCUT2D eigenvalue weighted by Crippen LogP contribution is -2.40. The maximum atomic E-state index is 13.1. The Labute approximate surface area is 264 Å². The first kappa shape index (κ1) is 31.9. The molecule has 0 saturated carbocycles. The number of piperidine rings is 1. The summed E-state index contributed by atoms with van der Waals surface area (Å²) in [6.45, 7) is 7.19. The third kappa shape index (κ3) is 8.34. The van der Waals surface area contributed by atoms with E-state index in [-0.39, 0.29) is 23.8 Å². The van der Waals surface area contributed by atoms with Gasteiger partial charge < -0.3 is 31.5 Å². The van der Waals surface area contributed by atoms with E-state index in [0.29, 0.717) is 41.8 Å². The van der Waals surface area contributed by atoms with E-state index in [1.165, 1.54) is 0 Å². The van der Waals surface area contributed by atoms with Gasteiger partial charge >= 0.3 is 0 Å². The summed E-state index contributed by atoms with van der Waals surface area (Å²) in [6.07, 6.45) is 4.85. The summed E-state index contributed by atoms with van der Waals surface area (Å²) in [6, 6.07) is 14.8. The quantitative estimate of drug-likeness (QED) is 0.184. The number of carbonyl (C=O) groups excluding carboxylic acids is 2. The highest BCUT2D eigenvalue weighted by Crippen LogP contribution is 2.25. The molecule has 5 N–H and O–H groups in total. The molecule has 238 valence electrons. The van der Waals surface area contributed by atoms with E-state index in [1.807, 2.05) is 49.5 Å². The Kier molecular flexibility index (Phi) is 10.3. The van der Waals surface area contributed by atoms with E-state index >= 15 is 0 Å². The van der Waals surface area contributed by atoms with Gasteiger partial charge in [0.1, 0.15) is 0 Å². The van der Waals surface area contributed by atoms with Gasteiger partial charge in [-0.15, -0.1) is 0 Å². The number of anilines is 4. The molecule has 5 rings (SSSR count). The zero-order valence-corrected chi connectivity index (χ0v) is 26.6. The predicted molar refractivity (Wildman–Crippen MR) is 179 cm³/mol. The number of nitrogens with zero attached hydrogens (tertiary/aromatic N) is 6. The molecule has 0 aliphatic carbocycles. The molecule has 0 atom stereocenters. The number of fused-ring (bicyclic) bond motifs is 1. The summed E-state index contributed by atoms with van der Waals surface area (Å²) >= 11 is 0. The fourth-order valence-corrected chi connectivity index (χ4v) is 5.31. The standard InChI is InChI=1S/C33H44N10O2/c1-22(2)28-21-36-43-30(28)39-33(42-16-13-25(34)14-17-42)40-32(43)35-20-23-8-5-10-26(18-23)38-31(45)24-9-6-11-27(19-24)37-29(44)12-7-15-41(3)4/h5-6,8-11,18-19,21-22,25H,7,12-17,20,34H2,1-4H3,(H,37,44)(H,38,45)(H,35,39,40). The minimum atomic E-state index is -0.259. The van der Waals surface area contributed by atoms with Gasteiger partial charge in [-0.2, -0.15) is 19.6 Å². The number of aromatic nitrogens is 4. The smallest absolute Gasteiger partial charge is 0.255 e. The number of rotatable bonds is 12. The molecule has 2 aromatic carbocycles. The molecule has 0 radical (unpaired) electrons. The molecule has 0 bridgehead atoms. The summed E-state index contributed by atoms with van der Waals surface area (Å²) in [4.78, 5) is 39.4. The van der Waals surface area contributed by atoms with Crippen molar-refractivity contribution in [2.45, 2.75) is 58.0 Å². The number of hydrogen-bond donors (Lipinski definition) is 4. The molecule has 0 unspecified atom stereocenters. The number of amides is 2.